The number of amides is 2. The standard InChI is InChI=1S/C23H23FN4O2/c1-15-8-10-18(11-9-15)14-28-17(3)19(16(2)27-28)12-13-22(29)25-26-23(30)20-6-4-5-7-21(20)24/h4-13H,14H2,1-3H3,(H,25,29)(H,26,30)/b13-12+. The van der Waals surface area contributed by atoms with Gasteiger partial charge in [0.1, 0.15) is 5.82 Å². The van der Waals surface area contributed by atoms with Crippen molar-refractivity contribution in [2.75, 3.05) is 0 Å². The van der Waals surface area contributed by atoms with Gasteiger partial charge >= 0.3 is 0 Å². The molecular weight excluding hydrogens is 383 g/mol. The lowest BCUT2D eigenvalue weighted by Crippen LogP contribution is -2.41. The average Bonchev–Trinajstić information content (AvgIpc) is 2.99. The summed E-state index contributed by atoms with van der Waals surface area (Å²) in [6.07, 6.45) is 2.95. The van der Waals surface area contributed by atoms with Crippen molar-refractivity contribution in [2.24, 2.45) is 0 Å². The summed E-state index contributed by atoms with van der Waals surface area (Å²) in [7, 11) is 0. The number of hydrogen-bond donors (Lipinski definition) is 2. The third kappa shape index (κ3) is 5.00. The fourth-order valence-corrected chi connectivity index (χ4v) is 3.00. The van der Waals surface area contributed by atoms with Crippen LogP contribution in [-0.2, 0) is 11.3 Å². The molecule has 0 unspecified atom stereocenters. The van der Waals surface area contributed by atoms with E-state index in [1.165, 1.54) is 29.8 Å². The van der Waals surface area contributed by atoms with Crippen molar-refractivity contribution in [3.8, 4) is 0 Å². The van der Waals surface area contributed by atoms with E-state index in [0.29, 0.717) is 6.54 Å². The molecule has 0 spiro atoms. The van der Waals surface area contributed by atoms with E-state index in [1.54, 1.807) is 12.1 Å². The maximum Gasteiger partial charge on any atom is 0.272 e. The Labute approximate surface area is 174 Å². The summed E-state index contributed by atoms with van der Waals surface area (Å²) in [6, 6.07) is 13.8. The van der Waals surface area contributed by atoms with Crippen LogP contribution in [0.5, 0.6) is 0 Å². The highest BCUT2D eigenvalue weighted by Crippen LogP contribution is 2.16. The summed E-state index contributed by atoms with van der Waals surface area (Å²) in [5.41, 5.74) is 9.18. The van der Waals surface area contributed by atoms with E-state index in [4.69, 9.17) is 0 Å². The molecule has 3 rings (SSSR count). The van der Waals surface area contributed by atoms with Gasteiger partial charge in [-0.3, -0.25) is 25.1 Å². The number of carbonyl (C=O) groups excluding carboxylic acids is 2. The first-order valence-corrected chi connectivity index (χ1v) is 9.47. The normalized spacial score (nSPS) is 10.9. The third-order valence-corrected chi connectivity index (χ3v) is 4.71. The largest absolute Gasteiger partial charge is 0.272 e. The quantitative estimate of drug-likeness (QED) is 0.503. The van der Waals surface area contributed by atoms with Gasteiger partial charge < -0.3 is 0 Å². The van der Waals surface area contributed by atoms with Crippen LogP contribution >= 0.6 is 0 Å². The highest BCUT2D eigenvalue weighted by atomic mass is 19.1. The van der Waals surface area contributed by atoms with Crippen LogP contribution in [-0.4, -0.2) is 21.6 Å². The van der Waals surface area contributed by atoms with Gasteiger partial charge in [-0.25, -0.2) is 4.39 Å². The van der Waals surface area contributed by atoms with Gasteiger partial charge in [0, 0.05) is 17.3 Å². The Kier molecular flexibility index (Phi) is 6.41. The van der Waals surface area contributed by atoms with E-state index < -0.39 is 17.6 Å². The van der Waals surface area contributed by atoms with Crippen molar-refractivity contribution in [2.45, 2.75) is 27.3 Å². The minimum atomic E-state index is -0.729. The van der Waals surface area contributed by atoms with Crippen molar-refractivity contribution < 1.29 is 14.0 Å². The second-order valence-electron chi connectivity index (χ2n) is 6.98. The first-order valence-electron chi connectivity index (χ1n) is 9.47. The molecule has 0 atom stereocenters. The van der Waals surface area contributed by atoms with E-state index in [-0.39, 0.29) is 5.56 Å². The summed E-state index contributed by atoms with van der Waals surface area (Å²) in [5, 5.41) is 4.55. The third-order valence-electron chi connectivity index (χ3n) is 4.71. The summed E-state index contributed by atoms with van der Waals surface area (Å²) < 4.78 is 15.5. The lowest BCUT2D eigenvalue weighted by molar-refractivity contribution is -0.117. The van der Waals surface area contributed by atoms with Gasteiger partial charge in [0.15, 0.2) is 0 Å². The van der Waals surface area contributed by atoms with Crippen LogP contribution in [0.2, 0.25) is 0 Å². The van der Waals surface area contributed by atoms with Crippen LogP contribution < -0.4 is 10.9 Å². The number of hydrogen-bond acceptors (Lipinski definition) is 3. The molecule has 0 aliphatic rings. The van der Waals surface area contributed by atoms with Crippen molar-refractivity contribution >= 4 is 17.9 Å². The van der Waals surface area contributed by atoms with Crippen molar-refractivity contribution in [1.82, 2.24) is 20.6 Å². The smallest absolute Gasteiger partial charge is 0.268 e. The second kappa shape index (κ2) is 9.17. The Morgan fingerprint density at radius 3 is 2.43 bits per heavy atom. The summed E-state index contributed by atoms with van der Waals surface area (Å²) in [4.78, 5) is 24.0. The molecule has 1 aromatic heterocycles. The van der Waals surface area contributed by atoms with Crippen LogP contribution in [0.3, 0.4) is 0 Å². The lowest BCUT2D eigenvalue weighted by Gasteiger charge is -2.06. The molecule has 0 aliphatic heterocycles. The second-order valence-corrected chi connectivity index (χ2v) is 6.98. The Morgan fingerprint density at radius 2 is 1.73 bits per heavy atom. The predicted octanol–water partition coefficient (Wildman–Crippen LogP) is 3.47. The van der Waals surface area contributed by atoms with Crippen molar-refractivity contribution in [3.63, 3.8) is 0 Å². The number of aromatic nitrogens is 2. The Hall–Kier alpha value is -3.74. The fourth-order valence-electron chi connectivity index (χ4n) is 3.00. The minimum absolute atomic E-state index is 0.147. The number of nitrogens with one attached hydrogen (secondary N) is 2. The Morgan fingerprint density at radius 1 is 1.03 bits per heavy atom. The van der Waals surface area contributed by atoms with Crippen LogP contribution in [0, 0.1) is 26.6 Å². The minimum Gasteiger partial charge on any atom is -0.268 e. The number of aryl methyl sites for hydroxylation is 2. The lowest BCUT2D eigenvalue weighted by atomic mass is 10.1. The SMILES string of the molecule is Cc1ccc(Cn2nc(C)c(/C=C/C(=O)NNC(=O)c3ccccc3F)c2C)cc1. The van der Waals surface area contributed by atoms with Crippen LogP contribution in [0.4, 0.5) is 4.39 Å². The van der Waals surface area contributed by atoms with Crippen LogP contribution in [0.25, 0.3) is 6.08 Å². The number of benzene rings is 2. The van der Waals surface area contributed by atoms with Gasteiger partial charge in [-0.05, 0) is 44.5 Å². The molecule has 6 nitrogen and oxygen atoms in total. The topological polar surface area (TPSA) is 76.0 Å². The zero-order chi connectivity index (χ0) is 21.7. The molecule has 3 aromatic rings. The summed E-state index contributed by atoms with van der Waals surface area (Å²) in [6.45, 7) is 6.48. The van der Waals surface area contributed by atoms with Gasteiger partial charge in [0.25, 0.3) is 11.8 Å². The van der Waals surface area contributed by atoms with Crippen molar-refractivity contribution in [1.29, 1.82) is 0 Å². The molecule has 0 bridgehead atoms. The maximum absolute atomic E-state index is 13.6. The van der Waals surface area contributed by atoms with Gasteiger partial charge in [0.2, 0.25) is 0 Å². The molecule has 154 valence electrons. The maximum atomic E-state index is 13.6. The average molecular weight is 406 g/mol. The highest BCUT2D eigenvalue weighted by Gasteiger charge is 2.12. The monoisotopic (exact) mass is 406 g/mol. The first kappa shape index (κ1) is 21.0. The molecule has 0 radical (unpaired) electrons. The number of rotatable bonds is 5. The molecule has 0 saturated heterocycles. The molecular formula is C23H23FN4O2. The van der Waals surface area contributed by atoms with E-state index in [1.807, 2.05) is 25.5 Å². The molecule has 2 aromatic carbocycles. The molecule has 7 heteroatoms. The zero-order valence-electron chi connectivity index (χ0n) is 17.1. The van der Waals surface area contributed by atoms with Gasteiger partial charge in [-0.1, -0.05) is 42.0 Å². The van der Waals surface area contributed by atoms with E-state index in [2.05, 4.69) is 40.2 Å². The number of carbonyl (C=O) groups is 2. The molecule has 0 fully saturated rings. The first-order chi connectivity index (χ1) is 14.3. The van der Waals surface area contributed by atoms with Gasteiger partial charge in [-0.2, -0.15) is 5.10 Å². The number of nitrogens with zero attached hydrogens (tertiary/aromatic N) is 2. The molecule has 2 N–H and O–H groups in total. The molecule has 0 saturated carbocycles. The number of halogens is 1. The van der Waals surface area contributed by atoms with E-state index >= 15 is 0 Å². The molecule has 30 heavy (non-hydrogen) atoms. The van der Waals surface area contributed by atoms with E-state index in [0.717, 1.165) is 22.5 Å². The highest BCUT2D eigenvalue weighted by molar-refractivity contribution is 5.98. The van der Waals surface area contributed by atoms with Crippen LogP contribution in [0.1, 0.15) is 38.4 Å². The van der Waals surface area contributed by atoms with Gasteiger partial charge in [-0.15, -0.1) is 0 Å². The molecule has 0 aliphatic carbocycles. The fraction of sp³-hybridized carbons (Fsp3) is 0.174. The van der Waals surface area contributed by atoms with Crippen LogP contribution in [0.15, 0.2) is 54.6 Å². The summed E-state index contributed by atoms with van der Waals surface area (Å²) in [5.74, 6) is -1.93. The van der Waals surface area contributed by atoms with Gasteiger partial charge in [0.05, 0.1) is 17.8 Å². The zero-order valence-corrected chi connectivity index (χ0v) is 17.1. The van der Waals surface area contributed by atoms with E-state index in [9.17, 15) is 14.0 Å². The molecule has 2 amide bonds. The molecule has 1 heterocycles. The number of hydrazine groups is 1. The Balaban J connectivity index is 1.63. The summed E-state index contributed by atoms with van der Waals surface area (Å²) >= 11 is 0. The van der Waals surface area contributed by atoms with Crippen molar-refractivity contribution in [3.05, 3.63) is 94.1 Å². The predicted molar refractivity (Wildman–Crippen MR) is 113 cm³/mol. The Bertz CT molecular complexity index is 1100.